The van der Waals surface area contributed by atoms with Crippen molar-refractivity contribution in [3.8, 4) is 45.0 Å². The van der Waals surface area contributed by atoms with Gasteiger partial charge in [0, 0.05) is 44.9 Å². The predicted octanol–water partition coefficient (Wildman–Crippen LogP) is 13.1. The van der Waals surface area contributed by atoms with Crippen LogP contribution in [-0.2, 0) is 0 Å². The molecule has 0 bridgehead atoms. The van der Waals surface area contributed by atoms with Crippen LogP contribution in [0.3, 0.4) is 0 Å². The number of furan rings is 1. The Kier molecular flexibility index (Phi) is 7.27. The minimum atomic E-state index is 0.273. The van der Waals surface area contributed by atoms with Crippen LogP contribution in [0.25, 0.3) is 94.1 Å². The van der Waals surface area contributed by atoms with E-state index in [0.717, 1.165) is 71.7 Å². The molecule has 2 atom stereocenters. The van der Waals surface area contributed by atoms with E-state index >= 15 is 0 Å². The highest BCUT2D eigenvalue weighted by molar-refractivity contribution is 6.19. The van der Waals surface area contributed by atoms with Crippen LogP contribution < -0.4 is 0 Å². The molecule has 11 rings (SSSR count). The molecule has 4 nitrogen and oxygen atoms in total. The van der Waals surface area contributed by atoms with Crippen molar-refractivity contribution >= 4 is 49.1 Å². The quantitative estimate of drug-likeness (QED) is 0.179. The lowest BCUT2D eigenvalue weighted by molar-refractivity contribution is 0.662. The fourth-order valence-electron chi connectivity index (χ4n) is 8.44. The van der Waals surface area contributed by atoms with Crippen LogP contribution >= 0.6 is 0 Å². The first-order chi connectivity index (χ1) is 27.3. The molecule has 0 fully saturated rings. The maximum Gasteiger partial charge on any atom is 0.164 e. The molecule has 2 aliphatic rings. The van der Waals surface area contributed by atoms with Gasteiger partial charge in [-0.3, -0.25) is 0 Å². The lowest BCUT2D eigenvalue weighted by Crippen LogP contribution is -2.12. The topological polar surface area (TPSA) is 51.8 Å². The summed E-state index contributed by atoms with van der Waals surface area (Å²) in [4.78, 5) is 15.4. The van der Waals surface area contributed by atoms with Crippen molar-refractivity contribution in [2.75, 3.05) is 0 Å². The zero-order chi connectivity index (χ0) is 36.3. The first-order valence-electron chi connectivity index (χ1n) is 18.8. The number of benzene rings is 7. The SMILES string of the molecule is C1=CC2C=CC(c3nc(-c4ccccc4)nc(-c4ccc(-c5cccc6oc7c(-c8cccc9ccccc89)cccc7c56)c5ccccc45)n3)=CC2C=C1. The van der Waals surface area contributed by atoms with Crippen LogP contribution in [0.2, 0.25) is 0 Å². The highest BCUT2D eigenvalue weighted by atomic mass is 16.3. The van der Waals surface area contributed by atoms with E-state index < -0.39 is 0 Å². The summed E-state index contributed by atoms with van der Waals surface area (Å²) in [5, 5.41) is 6.81. The van der Waals surface area contributed by atoms with Gasteiger partial charge < -0.3 is 4.42 Å². The molecular formula is C51H33N3O. The third kappa shape index (κ3) is 5.25. The van der Waals surface area contributed by atoms with E-state index in [1.165, 1.54) is 10.8 Å². The average Bonchev–Trinajstić information content (AvgIpc) is 3.65. The van der Waals surface area contributed by atoms with Crippen molar-refractivity contribution in [3.63, 3.8) is 0 Å². The molecule has 2 aliphatic carbocycles. The van der Waals surface area contributed by atoms with E-state index in [2.05, 4.69) is 170 Å². The number of nitrogens with zero attached hydrogens (tertiary/aromatic N) is 3. The Morgan fingerprint density at radius 1 is 0.418 bits per heavy atom. The van der Waals surface area contributed by atoms with Gasteiger partial charge in [-0.1, -0.05) is 176 Å². The molecule has 0 spiro atoms. The normalized spacial score (nSPS) is 16.3. The molecule has 0 aliphatic heterocycles. The highest BCUT2D eigenvalue weighted by Crippen LogP contribution is 2.44. The van der Waals surface area contributed by atoms with Crippen LogP contribution in [0.4, 0.5) is 0 Å². The molecule has 2 aromatic heterocycles. The Labute approximate surface area is 318 Å². The molecule has 4 heteroatoms. The van der Waals surface area contributed by atoms with E-state index in [9.17, 15) is 0 Å². The summed E-state index contributed by atoms with van der Waals surface area (Å²) in [6.45, 7) is 0. The van der Waals surface area contributed by atoms with Crippen molar-refractivity contribution in [1.82, 2.24) is 15.0 Å². The molecule has 258 valence electrons. The van der Waals surface area contributed by atoms with Crippen LogP contribution in [-0.4, -0.2) is 15.0 Å². The molecular weight excluding hydrogens is 671 g/mol. The summed E-state index contributed by atoms with van der Waals surface area (Å²) in [6.07, 6.45) is 15.4. The fraction of sp³-hybridized carbons (Fsp3) is 0.0392. The van der Waals surface area contributed by atoms with Crippen molar-refractivity contribution in [1.29, 1.82) is 0 Å². The third-order valence-electron chi connectivity index (χ3n) is 11.1. The van der Waals surface area contributed by atoms with Gasteiger partial charge in [0.1, 0.15) is 11.2 Å². The molecule has 0 saturated heterocycles. The number of allylic oxidation sites excluding steroid dienone is 8. The summed E-state index contributed by atoms with van der Waals surface area (Å²) < 4.78 is 6.77. The van der Waals surface area contributed by atoms with Gasteiger partial charge in [-0.05, 0) is 50.4 Å². The van der Waals surface area contributed by atoms with E-state index in [-0.39, 0.29) is 5.92 Å². The minimum absolute atomic E-state index is 0.273. The fourth-order valence-corrected chi connectivity index (χ4v) is 8.44. The van der Waals surface area contributed by atoms with Crippen molar-refractivity contribution in [3.05, 3.63) is 194 Å². The number of fused-ring (bicyclic) bond motifs is 6. The number of para-hydroxylation sites is 1. The van der Waals surface area contributed by atoms with Gasteiger partial charge in [-0.2, -0.15) is 0 Å². The Hall–Kier alpha value is -7.17. The smallest absolute Gasteiger partial charge is 0.164 e. The summed E-state index contributed by atoms with van der Waals surface area (Å²) in [5.74, 6) is 2.60. The van der Waals surface area contributed by atoms with E-state index in [1.54, 1.807) is 0 Å². The Balaban J connectivity index is 1.09. The molecule has 0 saturated carbocycles. The monoisotopic (exact) mass is 703 g/mol. The van der Waals surface area contributed by atoms with Gasteiger partial charge in [-0.25, -0.2) is 15.0 Å². The molecule has 9 aromatic rings. The lowest BCUT2D eigenvalue weighted by atomic mass is 9.83. The van der Waals surface area contributed by atoms with Crippen LogP contribution in [0.15, 0.2) is 193 Å². The Morgan fingerprint density at radius 3 is 1.93 bits per heavy atom. The second-order valence-corrected chi connectivity index (χ2v) is 14.3. The molecule has 2 heterocycles. The van der Waals surface area contributed by atoms with Crippen LogP contribution in [0, 0.1) is 11.8 Å². The summed E-state index contributed by atoms with van der Waals surface area (Å²) in [5.41, 5.74) is 9.17. The van der Waals surface area contributed by atoms with Gasteiger partial charge in [0.05, 0.1) is 0 Å². The van der Waals surface area contributed by atoms with Gasteiger partial charge in [0.2, 0.25) is 0 Å². The molecule has 0 radical (unpaired) electrons. The standard InChI is InChI=1S/C51H33N3O/c1-2-15-34(16-3-1)49-52-50(36-28-27-32-13-4-5-17-35(32)31-36)54-51(53-49)44-30-29-41(39-20-8-9-21-40(39)44)42-23-12-26-46-47(42)45-25-11-24-43(48(45)55-46)38-22-10-18-33-14-6-7-19-37(33)38/h1-32,35H. The highest BCUT2D eigenvalue weighted by Gasteiger charge is 2.23. The Morgan fingerprint density at radius 2 is 1.04 bits per heavy atom. The molecule has 0 amide bonds. The minimum Gasteiger partial charge on any atom is -0.455 e. The molecule has 7 aromatic carbocycles. The van der Waals surface area contributed by atoms with E-state index in [0.29, 0.717) is 23.4 Å². The predicted molar refractivity (Wildman–Crippen MR) is 226 cm³/mol. The maximum absolute atomic E-state index is 6.77. The van der Waals surface area contributed by atoms with E-state index in [1.807, 2.05) is 18.2 Å². The van der Waals surface area contributed by atoms with Crippen LogP contribution in [0.5, 0.6) is 0 Å². The number of hydrogen-bond acceptors (Lipinski definition) is 4. The van der Waals surface area contributed by atoms with Crippen molar-refractivity contribution in [2.24, 2.45) is 11.8 Å². The number of rotatable bonds is 5. The van der Waals surface area contributed by atoms with Gasteiger partial charge in [0.15, 0.2) is 17.5 Å². The third-order valence-corrected chi connectivity index (χ3v) is 11.1. The number of hydrogen-bond donors (Lipinski definition) is 0. The molecule has 2 unspecified atom stereocenters. The van der Waals surface area contributed by atoms with Crippen molar-refractivity contribution in [2.45, 2.75) is 0 Å². The average molecular weight is 704 g/mol. The summed E-state index contributed by atoms with van der Waals surface area (Å²) in [6, 6.07) is 51.0. The van der Waals surface area contributed by atoms with Crippen molar-refractivity contribution < 1.29 is 4.42 Å². The second kappa shape index (κ2) is 12.8. The first kappa shape index (κ1) is 31.4. The van der Waals surface area contributed by atoms with E-state index in [4.69, 9.17) is 19.4 Å². The van der Waals surface area contributed by atoms with Gasteiger partial charge in [-0.15, -0.1) is 0 Å². The largest absolute Gasteiger partial charge is 0.455 e. The summed E-state index contributed by atoms with van der Waals surface area (Å²) >= 11 is 0. The second-order valence-electron chi connectivity index (χ2n) is 14.3. The molecule has 0 N–H and O–H groups in total. The Bertz CT molecular complexity index is 3110. The molecule has 55 heavy (non-hydrogen) atoms. The van der Waals surface area contributed by atoms with Crippen LogP contribution in [0.1, 0.15) is 5.82 Å². The first-order valence-corrected chi connectivity index (χ1v) is 18.8. The number of aromatic nitrogens is 3. The summed E-state index contributed by atoms with van der Waals surface area (Å²) in [7, 11) is 0. The zero-order valence-electron chi connectivity index (χ0n) is 29.8. The van der Waals surface area contributed by atoms with Gasteiger partial charge in [0.25, 0.3) is 0 Å². The lowest BCUT2D eigenvalue weighted by Gasteiger charge is -2.23. The maximum atomic E-state index is 6.77. The zero-order valence-corrected chi connectivity index (χ0v) is 29.8. The van der Waals surface area contributed by atoms with Gasteiger partial charge >= 0.3 is 0 Å².